The van der Waals surface area contributed by atoms with Gasteiger partial charge in [0.15, 0.2) is 0 Å². The number of rotatable bonds is 3. The molecule has 0 saturated heterocycles. The molecule has 1 aromatic rings. The molecule has 20 heavy (non-hydrogen) atoms. The molecule has 0 aliphatic heterocycles. The molecule has 0 heterocycles. The highest BCUT2D eigenvalue weighted by Crippen LogP contribution is 2.41. The second-order valence-electron chi connectivity index (χ2n) is 4.69. The molecule has 0 aromatic heterocycles. The number of nitrogens with zero attached hydrogens (tertiary/aromatic N) is 1. The lowest BCUT2D eigenvalue weighted by atomic mass is 10.1. The summed E-state index contributed by atoms with van der Waals surface area (Å²) < 4.78 is 37.1. The predicted molar refractivity (Wildman–Crippen MR) is 82.3 cm³/mol. The largest absolute Gasteiger partial charge is 0.404 e. The maximum absolute atomic E-state index is 12.9. The van der Waals surface area contributed by atoms with Crippen molar-refractivity contribution >= 4 is 34.0 Å². The Bertz CT molecular complexity index is 511. The molecule has 1 aliphatic carbocycles. The molecule has 0 amide bonds. The van der Waals surface area contributed by atoms with Crippen LogP contribution in [0.4, 0.5) is 24.5 Å². The van der Waals surface area contributed by atoms with Crippen LogP contribution in [0.5, 0.6) is 0 Å². The van der Waals surface area contributed by atoms with Crippen LogP contribution < -0.4 is 16.6 Å². The van der Waals surface area contributed by atoms with Crippen molar-refractivity contribution in [2.24, 2.45) is 5.84 Å². The van der Waals surface area contributed by atoms with E-state index >= 15 is 0 Å². The number of nitrogen functional groups attached to an aromatic ring is 1. The summed E-state index contributed by atoms with van der Waals surface area (Å²) in [5.41, 5.74) is 7.75. The van der Waals surface area contributed by atoms with Gasteiger partial charge in [-0.2, -0.15) is 13.2 Å². The summed E-state index contributed by atoms with van der Waals surface area (Å²) in [6.45, 7) is 0. The highest BCUT2D eigenvalue weighted by atomic mass is 127. The highest BCUT2D eigenvalue weighted by Gasteiger charge is 2.42. The molecule has 1 aromatic carbocycles. The van der Waals surface area contributed by atoms with E-state index in [-0.39, 0.29) is 0 Å². The number of nitrogens with two attached hydrogens (primary N) is 2. The predicted octanol–water partition coefficient (Wildman–Crippen LogP) is 3.75. The van der Waals surface area contributed by atoms with E-state index in [1.807, 2.05) is 0 Å². The minimum atomic E-state index is -4.24. The molecule has 110 valence electrons. The maximum Gasteiger partial charge on any atom is 0.404 e. The smallest absolute Gasteiger partial charge is 0.399 e. The first kappa shape index (κ1) is 15.4. The van der Waals surface area contributed by atoms with Gasteiger partial charge in [-0.1, -0.05) is 22.6 Å². The highest BCUT2D eigenvalue weighted by molar-refractivity contribution is 14.1. The van der Waals surface area contributed by atoms with Gasteiger partial charge in [0.25, 0.3) is 0 Å². The zero-order valence-corrected chi connectivity index (χ0v) is 12.8. The second kappa shape index (κ2) is 5.80. The monoisotopic (exact) mass is 397 g/mol. The molecule has 0 radical (unpaired) electrons. The first-order valence-corrected chi connectivity index (χ1v) is 7.38. The van der Waals surface area contributed by atoms with E-state index in [1.54, 1.807) is 24.3 Å². The van der Waals surface area contributed by atoms with Gasteiger partial charge in [-0.25, -0.2) is 5.84 Å². The molecule has 0 bridgehead atoms. The molecule has 7 heteroatoms. The molecule has 2 rings (SSSR count). The molecule has 1 unspecified atom stereocenters. The van der Waals surface area contributed by atoms with Crippen molar-refractivity contribution in [1.29, 1.82) is 0 Å². The molecule has 0 spiro atoms. The van der Waals surface area contributed by atoms with Gasteiger partial charge in [0, 0.05) is 11.4 Å². The van der Waals surface area contributed by atoms with Crippen molar-refractivity contribution in [2.75, 3.05) is 10.7 Å². The average molecular weight is 397 g/mol. The molecule has 3 nitrogen and oxygen atoms in total. The minimum Gasteiger partial charge on any atom is -0.399 e. The van der Waals surface area contributed by atoms with Gasteiger partial charge < -0.3 is 5.73 Å². The quantitative estimate of drug-likeness (QED) is 0.269. The summed E-state index contributed by atoms with van der Waals surface area (Å²) in [5, 5.41) is 1.35. The third-order valence-electron chi connectivity index (χ3n) is 3.29. The summed E-state index contributed by atoms with van der Waals surface area (Å²) in [6, 6.07) is 6.76. The van der Waals surface area contributed by atoms with Crippen LogP contribution in [0.15, 0.2) is 35.5 Å². The summed E-state index contributed by atoms with van der Waals surface area (Å²) in [4.78, 5) is 0. The molecular weight excluding hydrogens is 382 g/mol. The van der Waals surface area contributed by atoms with E-state index in [2.05, 4.69) is 0 Å². The minimum absolute atomic E-state index is 0.373. The third kappa shape index (κ3) is 3.20. The van der Waals surface area contributed by atoms with Crippen LogP contribution in [0.25, 0.3) is 0 Å². The van der Waals surface area contributed by atoms with E-state index in [0.717, 1.165) is 0 Å². The number of hydrogen-bond acceptors (Lipinski definition) is 3. The van der Waals surface area contributed by atoms with Gasteiger partial charge in [-0.05, 0) is 49.1 Å². The Balaban J connectivity index is 2.31. The van der Waals surface area contributed by atoms with Crippen LogP contribution in [0.1, 0.15) is 19.3 Å². The van der Waals surface area contributed by atoms with Crippen LogP contribution in [0, 0.1) is 0 Å². The Morgan fingerprint density at radius 2 is 1.75 bits per heavy atom. The van der Waals surface area contributed by atoms with Gasteiger partial charge in [-0.3, -0.25) is 5.01 Å². The first-order chi connectivity index (χ1) is 9.30. The number of allylic oxidation sites excluding steroid dienone is 2. The third-order valence-corrected chi connectivity index (χ3v) is 4.74. The Kier molecular flexibility index (Phi) is 4.48. The lowest BCUT2D eigenvalue weighted by Crippen LogP contribution is -2.33. The number of anilines is 2. The zero-order valence-electron chi connectivity index (χ0n) is 10.6. The fourth-order valence-corrected chi connectivity index (χ4v) is 2.96. The van der Waals surface area contributed by atoms with Crippen LogP contribution in [0.3, 0.4) is 0 Å². The number of hydrazine groups is 1. The molecule has 0 saturated carbocycles. The van der Waals surface area contributed by atoms with Crippen molar-refractivity contribution in [3.63, 3.8) is 0 Å². The number of hydrogen-bond donors (Lipinski definition) is 2. The van der Waals surface area contributed by atoms with Crippen molar-refractivity contribution in [3.05, 3.63) is 35.5 Å². The maximum atomic E-state index is 12.9. The van der Waals surface area contributed by atoms with E-state index in [0.29, 0.717) is 41.9 Å². The van der Waals surface area contributed by atoms with Crippen molar-refractivity contribution in [3.8, 4) is 0 Å². The number of benzene rings is 1. The SMILES string of the molecule is Nc1ccc(N(N)C2=C(C(I)C(F)(F)F)CCC2)cc1. The zero-order chi connectivity index (χ0) is 14.9. The van der Waals surface area contributed by atoms with Gasteiger partial charge in [0.1, 0.15) is 3.92 Å². The van der Waals surface area contributed by atoms with Crippen LogP contribution in [-0.4, -0.2) is 10.1 Å². The summed E-state index contributed by atoms with van der Waals surface area (Å²) in [7, 11) is 0. The average Bonchev–Trinajstić information content (AvgIpc) is 2.85. The van der Waals surface area contributed by atoms with E-state index < -0.39 is 10.1 Å². The second-order valence-corrected chi connectivity index (χ2v) is 5.94. The number of halogens is 4. The molecule has 0 fully saturated rings. The van der Waals surface area contributed by atoms with Crippen molar-refractivity contribution in [2.45, 2.75) is 29.4 Å². The molecular formula is C13H15F3IN3. The van der Waals surface area contributed by atoms with E-state index in [4.69, 9.17) is 11.6 Å². The summed E-state index contributed by atoms with van der Waals surface area (Å²) in [5.74, 6) is 5.99. The van der Waals surface area contributed by atoms with Gasteiger partial charge in [0.05, 0.1) is 5.69 Å². The van der Waals surface area contributed by atoms with Crippen LogP contribution >= 0.6 is 22.6 Å². The van der Waals surface area contributed by atoms with Gasteiger partial charge >= 0.3 is 6.18 Å². The molecule has 1 aliphatic rings. The van der Waals surface area contributed by atoms with Crippen molar-refractivity contribution < 1.29 is 13.2 Å². The van der Waals surface area contributed by atoms with Gasteiger partial charge in [-0.15, -0.1) is 0 Å². The van der Waals surface area contributed by atoms with Crippen LogP contribution in [0.2, 0.25) is 0 Å². The normalized spacial score (nSPS) is 17.4. The topological polar surface area (TPSA) is 55.3 Å². The standard InChI is InChI=1S/C13H15F3IN3/c14-13(15,16)12(17)10-2-1-3-11(10)20(19)9-6-4-8(18)5-7-9/h4-7,12H,1-3,18-19H2. The van der Waals surface area contributed by atoms with E-state index in [9.17, 15) is 13.2 Å². The van der Waals surface area contributed by atoms with Gasteiger partial charge in [0.2, 0.25) is 0 Å². The lowest BCUT2D eigenvalue weighted by molar-refractivity contribution is -0.118. The number of alkyl halides is 4. The lowest BCUT2D eigenvalue weighted by Gasteiger charge is -2.24. The van der Waals surface area contributed by atoms with E-state index in [1.165, 1.54) is 27.6 Å². The first-order valence-electron chi connectivity index (χ1n) is 6.14. The summed E-state index contributed by atoms with van der Waals surface area (Å²) in [6.07, 6.45) is -2.55. The fraction of sp³-hybridized carbons (Fsp3) is 0.385. The Labute approximate surface area is 128 Å². The Morgan fingerprint density at radius 1 is 1.15 bits per heavy atom. The van der Waals surface area contributed by atoms with Crippen LogP contribution in [-0.2, 0) is 0 Å². The molecule has 1 atom stereocenters. The fourth-order valence-electron chi connectivity index (χ4n) is 2.29. The Morgan fingerprint density at radius 3 is 2.30 bits per heavy atom. The Hall–Kier alpha value is -0.960. The molecule has 4 N–H and O–H groups in total. The summed E-state index contributed by atoms with van der Waals surface area (Å²) >= 11 is 1.44. The van der Waals surface area contributed by atoms with Crippen molar-refractivity contribution in [1.82, 2.24) is 0 Å².